The van der Waals surface area contributed by atoms with Crippen LogP contribution in [0.15, 0.2) is 54.6 Å². The maximum absolute atomic E-state index is 13.3. The number of rotatable bonds is 4. The Bertz CT molecular complexity index is 957. The van der Waals surface area contributed by atoms with E-state index in [2.05, 4.69) is 0 Å². The van der Waals surface area contributed by atoms with Gasteiger partial charge >= 0.3 is 0 Å². The Morgan fingerprint density at radius 2 is 1.71 bits per heavy atom. The molecule has 2 fully saturated rings. The number of aliphatic hydroxyl groups excluding tert-OH is 1. The molecule has 0 unspecified atom stereocenters. The molecule has 6 heteroatoms. The highest BCUT2D eigenvalue weighted by Crippen LogP contribution is 2.49. The zero-order valence-electron chi connectivity index (χ0n) is 17.5. The minimum absolute atomic E-state index is 0.0306. The Kier molecular flexibility index (Phi) is 5.50. The van der Waals surface area contributed by atoms with E-state index in [4.69, 9.17) is 4.74 Å². The largest absolute Gasteiger partial charge is 0.394 e. The molecule has 0 bridgehead atoms. The van der Waals surface area contributed by atoms with Gasteiger partial charge in [-0.2, -0.15) is 0 Å². The minimum Gasteiger partial charge on any atom is -0.394 e. The summed E-state index contributed by atoms with van der Waals surface area (Å²) < 4.78 is 5.42. The number of anilines is 1. The Balaban J connectivity index is 1.43. The van der Waals surface area contributed by atoms with Crippen LogP contribution in [0.3, 0.4) is 0 Å². The Hall–Kier alpha value is -2.70. The molecule has 3 aliphatic heterocycles. The Morgan fingerprint density at radius 1 is 1.00 bits per heavy atom. The number of carbonyl (C=O) groups is 2. The zero-order valence-corrected chi connectivity index (χ0v) is 17.5. The number of nitrogens with zero attached hydrogens (tertiary/aromatic N) is 2. The van der Waals surface area contributed by atoms with Crippen LogP contribution in [0.1, 0.15) is 29.9 Å². The molecule has 1 N–H and O–H groups in total. The number of para-hydroxylation sites is 1. The standard InChI is InChI=1S/C25H28N2O4/c28-16-22-24-19-8-4-5-9-20(19)26(23(29)14-17-6-2-1-3-7-17)15-21(24)27(22)25(30)18-10-12-31-13-11-18/h1-9,18,21-22,24,28H,10-16H2/t21-,22+,24+/m0/s1. The maximum Gasteiger partial charge on any atom is 0.231 e. The minimum atomic E-state index is -0.229. The van der Waals surface area contributed by atoms with E-state index >= 15 is 0 Å². The second-order valence-corrected chi connectivity index (χ2v) is 8.70. The number of fused-ring (bicyclic) bond motifs is 3. The molecule has 6 nitrogen and oxygen atoms in total. The van der Waals surface area contributed by atoms with E-state index in [-0.39, 0.29) is 42.3 Å². The van der Waals surface area contributed by atoms with Crippen molar-refractivity contribution in [3.05, 3.63) is 65.7 Å². The molecule has 0 radical (unpaired) electrons. The molecule has 0 spiro atoms. The number of amides is 2. The lowest BCUT2D eigenvalue weighted by Gasteiger charge is -2.59. The summed E-state index contributed by atoms with van der Waals surface area (Å²) >= 11 is 0. The second kappa shape index (κ2) is 8.44. The van der Waals surface area contributed by atoms with E-state index in [0.29, 0.717) is 26.2 Å². The van der Waals surface area contributed by atoms with E-state index in [1.807, 2.05) is 64.4 Å². The number of likely N-dealkylation sites (tertiary alicyclic amines) is 1. The van der Waals surface area contributed by atoms with Crippen LogP contribution in [-0.2, 0) is 20.7 Å². The first-order chi connectivity index (χ1) is 15.2. The van der Waals surface area contributed by atoms with Crippen LogP contribution in [0, 0.1) is 5.92 Å². The van der Waals surface area contributed by atoms with Crippen molar-refractivity contribution >= 4 is 17.5 Å². The van der Waals surface area contributed by atoms with Gasteiger partial charge in [-0.25, -0.2) is 0 Å². The van der Waals surface area contributed by atoms with E-state index < -0.39 is 0 Å². The normalized spacial score (nSPS) is 25.4. The first kappa shape index (κ1) is 20.2. The molecule has 162 valence electrons. The maximum atomic E-state index is 13.3. The molecule has 5 rings (SSSR count). The monoisotopic (exact) mass is 420 g/mol. The molecule has 2 aromatic rings. The molecule has 3 aliphatic rings. The summed E-state index contributed by atoms with van der Waals surface area (Å²) in [4.78, 5) is 30.3. The van der Waals surface area contributed by atoms with Gasteiger partial charge in [0.05, 0.1) is 25.1 Å². The molecule has 31 heavy (non-hydrogen) atoms. The highest BCUT2D eigenvalue weighted by molar-refractivity contribution is 5.97. The summed E-state index contributed by atoms with van der Waals surface area (Å²) in [6.45, 7) is 1.61. The quantitative estimate of drug-likeness (QED) is 0.825. The van der Waals surface area contributed by atoms with Gasteiger partial charge in [0.15, 0.2) is 0 Å². The molecule has 2 aromatic carbocycles. The number of carbonyl (C=O) groups excluding carboxylic acids is 2. The lowest BCUT2D eigenvalue weighted by Crippen LogP contribution is -2.71. The summed E-state index contributed by atoms with van der Waals surface area (Å²) in [6.07, 6.45) is 1.76. The van der Waals surface area contributed by atoms with Gasteiger partial charge in [0.1, 0.15) is 0 Å². The van der Waals surface area contributed by atoms with E-state index in [9.17, 15) is 14.7 Å². The highest BCUT2D eigenvalue weighted by Gasteiger charge is 2.55. The van der Waals surface area contributed by atoms with Gasteiger partial charge in [0.2, 0.25) is 11.8 Å². The third-order valence-electron chi connectivity index (χ3n) is 7.01. The lowest BCUT2D eigenvalue weighted by atomic mass is 9.71. The molecule has 0 saturated carbocycles. The van der Waals surface area contributed by atoms with Crippen molar-refractivity contribution in [1.29, 1.82) is 0 Å². The molecule has 0 aromatic heterocycles. The summed E-state index contributed by atoms with van der Waals surface area (Å²) in [5.41, 5.74) is 2.93. The molecular formula is C25H28N2O4. The van der Waals surface area contributed by atoms with Crippen LogP contribution in [0.2, 0.25) is 0 Å². The van der Waals surface area contributed by atoms with Crippen molar-refractivity contribution in [1.82, 2.24) is 4.90 Å². The fourth-order valence-electron chi connectivity index (χ4n) is 5.45. The third kappa shape index (κ3) is 3.54. The highest BCUT2D eigenvalue weighted by atomic mass is 16.5. The van der Waals surface area contributed by atoms with E-state index in [1.54, 1.807) is 0 Å². The summed E-state index contributed by atoms with van der Waals surface area (Å²) in [5.74, 6) is 0.126. The van der Waals surface area contributed by atoms with Crippen LogP contribution < -0.4 is 4.90 Å². The van der Waals surface area contributed by atoms with Crippen molar-refractivity contribution in [2.75, 3.05) is 31.3 Å². The van der Waals surface area contributed by atoms with Crippen LogP contribution in [0.5, 0.6) is 0 Å². The van der Waals surface area contributed by atoms with Crippen LogP contribution in [0.25, 0.3) is 0 Å². The fraction of sp³-hybridized carbons (Fsp3) is 0.440. The molecule has 2 saturated heterocycles. The Labute approximate surface area is 182 Å². The van der Waals surface area contributed by atoms with Gasteiger partial charge in [-0.3, -0.25) is 9.59 Å². The smallest absolute Gasteiger partial charge is 0.231 e. The second-order valence-electron chi connectivity index (χ2n) is 8.70. The van der Waals surface area contributed by atoms with Crippen molar-refractivity contribution in [2.24, 2.45) is 5.92 Å². The molecule has 0 aliphatic carbocycles. The van der Waals surface area contributed by atoms with Gasteiger partial charge in [0, 0.05) is 37.3 Å². The van der Waals surface area contributed by atoms with Gasteiger partial charge in [-0.15, -0.1) is 0 Å². The van der Waals surface area contributed by atoms with Crippen molar-refractivity contribution in [3.8, 4) is 0 Å². The van der Waals surface area contributed by atoms with Crippen molar-refractivity contribution < 1.29 is 19.4 Å². The average molecular weight is 421 g/mol. The number of ether oxygens (including phenoxy) is 1. The van der Waals surface area contributed by atoms with Crippen LogP contribution in [0.4, 0.5) is 5.69 Å². The van der Waals surface area contributed by atoms with E-state index in [1.165, 1.54) is 0 Å². The Morgan fingerprint density at radius 3 is 2.45 bits per heavy atom. The number of hydrogen-bond donors (Lipinski definition) is 1. The molecular weight excluding hydrogens is 392 g/mol. The van der Waals surface area contributed by atoms with E-state index in [0.717, 1.165) is 29.7 Å². The summed E-state index contributed by atoms with van der Waals surface area (Å²) in [7, 11) is 0. The topological polar surface area (TPSA) is 70.1 Å². The summed E-state index contributed by atoms with van der Waals surface area (Å²) in [6, 6.07) is 17.3. The fourth-order valence-corrected chi connectivity index (χ4v) is 5.45. The summed E-state index contributed by atoms with van der Waals surface area (Å²) in [5, 5.41) is 10.1. The zero-order chi connectivity index (χ0) is 21.4. The lowest BCUT2D eigenvalue weighted by molar-refractivity contribution is -0.158. The first-order valence-corrected chi connectivity index (χ1v) is 11.1. The molecule has 3 heterocycles. The van der Waals surface area contributed by atoms with Gasteiger partial charge < -0.3 is 19.6 Å². The van der Waals surface area contributed by atoms with Crippen LogP contribution >= 0.6 is 0 Å². The molecule has 2 amide bonds. The number of hydrogen-bond acceptors (Lipinski definition) is 4. The third-order valence-corrected chi connectivity index (χ3v) is 7.01. The molecule has 3 atom stereocenters. The van der Waals surface area contributed by atoms with Crippen LogP contribution in [-0.4, -0.2) is 60.3 Å². The number of aliphatic hydroxyl groups is 1. The SMILES string of the molecule is O=C(Cc1ccccc1)N1C[C@H]2[C@@H](c3ccccc31)[C@@H](CO)N2C(=O)C1CCOCC1. The van der Waals surface area contributed by atoms with Crippen molar-refractivity contribution in [3.63, 3.8) is 0 Å². The predicted octanol–water partition coefficient (Wildman–Crippen LogP) is 2.36. The average Bonchev–Trinajstić information content (AvgIpc) is 2.80. The number of benzene rings is 2. The van der Waals surface area contributed by atoms with Gasteiger partial charge in [0.25, 0.3) is 0 Å². The predicted molar refractivity (Wildman–Crippen MR) is 117 cm³/mol. The van der Waals surface area contributed by atoms with Crippen molar-refractivity contribution in [2.45, 2.75) is 37.3 Å². The first-order valence-electron chi connectivity index (χ1n) is 11.1. The van der Waals surface area contributed by atoms with Gasteiger partial charge in [-0.05, 0) is 30.0 Å². The van der Waals surface area contributed by atoms with Gasteiger partial charge in [-0.1, -0.05) is 48.5 Å².